The lowest BCUT2D eigenvalue weighted by Crippen LogP contribution is -2.32. The fraction of sp³-hybridized carbons (Fsp3) is 0.300. The van der Waals surface area contributed by atoms with Gasteiger partial charge in [0.2, 0.25) is 0 Å². The predicted molar refractivity (Wildman–Crippen MR) is 99.7 cm³/mol. The Morgan fingerprint density at radius 1 is 1.07 bits per heavy atom. The largest absolute Gasteiger partial charge is 0.465 e. The highest BCUT2D eigenvalue weighted by Crippen LogP contribution is 2.19. The van der Waals surface area contributed by atoms with E-state index in [1.54, 1.807) is 30.3 Å². The molecule has 1 aromatic heterocycles. The molecule has 1 aromatic carbocycles. The van der Waals surface area contributed by atoms with Crippen LogP contribution < -0.4 is 10.6 Å². The molecular formula is C20H21N3O4. The van der Waals surface area contributed by atoms with Gasteiger partial charge in [-0.05, 0) is 37.1 Å². The molecule has 0 spiro atoms. The fourth-order valence-corrected chi connectivity index (χ4v) is 3.10. The molecule has 2 amide bonds. The third kappa shape index (κ3) is 4.49. The zero-order valence-corrected chi connectivity index (χ0v) is 15.0. The molecule has 0 unspecified atom stereocenters. The first-order valence-electron chi connectivity index (χ1n) is 8.84. The van der Waals surface area contributed by atoms with Gasteiger partial charge in [-0.3, -0.25) is 14.6 Å². The smallest absolute Gasteiger partial charge is 0.339 e. The number of ether oxygens (including phenoxy) is 1. The highest BCUT2D eigenvalue weighted by Gasteiger charge is 2.20. The Bertz CT molecular complexity index is 860. The first-order valence-corrected chi connectivity index (χ1v) is 8.84. The number of hydrogen-bond donors (Lipinski definition) is 2. The standard InChI is InChI=1S/C20H21N3O4/c1-27-20(26)15-8-4-5-9-16(15)23-19(25)17-12-13(10-11-21-17)18(24)22-14-6-2-3-7-14/h4-5,8-12,14H,2-3,6-7H2,1H3,(H,22,24)(H,23,25). The molecule has 140 valence electrons. The minimum atomic E-state index is -0.552. The van der Waals surface area contributed by atoms with E-state index < -0.39 is 11.9 Å². The lowest BCUT2D eigenvalue weighted by Gasteiger charge is -2.12. The average Bonchev–Trinajstić information content (AvgIpc) is 3.21. The lowest BCUT2D eigenvalue weighted by molar-refractivity contribution is 0.0601. The molecule has 7 heteroatoms. The van der Waals surface area contributed by atoms with Gasteiger partial charge in [-0.15, -0.1) is 0 Å². The van der Waals surface area contributed by atoms with Crippen molar-refractivity contribution in [2.45, 2.75) is 31.7 Å². The Morgan fingerprint density at radius 2 is 1.81 bits per heavy atom. The second kappa shape index (κ2) is 8.44. The molecule has 0 atom stereocenters. The molecule has 3 rings (SSSR count). The quantitative estimate of drug-likeness (QED) is 0.792. The molecule has 2 aromatic rings. The Hall–Kier alpha value is -3.22. The van der Waals surface area contributed by atoms with Crippen LogP contribution in [0.5, 0.6) is 0 Å². The fourth-order valence-electron chi connectivity index (χ4n) is 3.10. The third-order valence-corrected chi connectivity index (χ3v) is 4.53. The van der Waals surface area contributed by atoms with Gasteiger partial charge >= 0.3 is 5.97 Å². The van der Waals surface area contributed by atoms with E-state index in [0.717, 1.165) is 25.7 Å². The van der Waals surface area contributed by atoms with Crippen LogP contribution in [0.25, 0.3) is 0 Å². The molecule has 1 saturated carbocycles. The molecule has 1 fully saturated rings. The molecule has 7 nitrogen and oxygen atoms in total. The van der Waals surface area contributed by atoms with Gasteiger partial charge in [0.05, 0.1) is 18.4 Å². The molecule has 2 N–H and O–H groups in total. The topological polar surface area (TPSA) is 97.4 Å². The summed E-state index contributed by atoms with van der Waals surface area (Å²) >= 11 is 0. The second-order valence-electron chi connectivity index (χ2n) is 6.38. The van der Waals surface area contributed by atoms with E-state index in [1.165, 1.54) is 19.4 Å². The zero-order chi connectivity index (χ0) is 19.2. The molecule has 1 heterocycles. The number of carbonyl (C=O) groups excluding carboxylic acids is 3. The average molecular weight is 367 g/mol. The van der Waals surface area contributed by atoms with Crippen molar-refractivity contribution in [2.75, 3.05) is 12.4 Å². The summed E-state index contributed by atoms with van der Waals surface area (Å²) in [5, 5.41) is 5.63. The van der Waals surface area contributed by atoms with Crippen LogP contribution in [-0.2, 0) is 4.74 Å². The number of nitrogens with zero attached hydrogens (tertiary/aromatic N) is 1. The maximum Gasteiger partial charge on any atom is 0.339 e. The first-order chi connectivity index (χ1) is 13.1. The number of para-hydroxylation sites is 1. The number of benzene rings is 1. The predicted octanol–water partition coefficient (Wildman–Crippen LogP) is 2.79. The maximum absolute atomic E-state index is 12.5. The maximum atomic E-state index is 12.5. The zero-order valence-electron chi connectivity index (χ0n) is 15.0. The van der Waals surface area contributed by atoms with Gasteiger partial charge in [-0.2, -0.15) is 0 Å². The van der Waals surface area contributed by atoms with E-state index in [1.807, 2.05) is 0 Å². The van der Waals surface area contributed by atoms with Crippen molar-refractivity contribution in [2.24, 2.45) is 0 Å². The van der Waals surface area contributed by atoms with Crippen molar-refractivity contribution in [1.82, 2.24) is 10.3 Å². The van der Waals surface area contributed by atoms with Crippen LogP contribution in [0.4, 0.5) is 5.69 Å². The molecule has 27 heavy (non-hydrogen) atoms. The molecular weight excluding hydrogens is 346 g/mol. The number of aromatic nitrogens is 1. The third-order valence-electron chi connectivity index (χ3n) is 4.53. The number of amides is 2. The summed E-state index contributed by atoms with van der Waals surface area (Å²) in [5.74, 6) is -1.28. The van der Waals surface area contributed by atoms with Crippen LogP contribution in [0.15, 0.2) is 42.6 Å². The summed E-state index contributed by atoms with van der Waals surface area (Å²) in [6, 6.07) is 9.73. The molecule has 0 aliphatic heterocycles. The molecule has 1 aliphatic carbocycles. The van der Waals surface area contributed by atoms with Gasteiger partial charge in [0, 0.05) is 17.8 Å². The van der Waals surface area contributed by atoms with Crippen molar-refractivity contribution in [3.05, 3.63) is 59.4 Å². The molecule has 0 radical (unpaired) electrons. The van der Waals surface area contributed by atoms with Crippen LogP contribution in [-0.4, -0.2) is 35.9 Å². The van der Waals surface area contributed by atoms with Crippen LogP contribution in [0.2, 0.25) is 0 Å². The van der Waals surface area contributed by atoms with Crippen molar-refractivity contribution in [3.63, 3.8) is 0 Å². The summed E-state index contributed by atoms with van der Waals surface area (Å²) in [4.78, 5) is 40.8. The van der Waals surface area contributed by atoms with E-state index in [0.29, 0.717) is 11.3 Å². The van der Waals surface area contributed by atoms with E-state index in [4.69, 9.17) is 4.74 Å². The number of methoxy groups -OCH3 is 1. The summed E-state index contributed by atoms with van der Waals surface area (Å²) in [7, 11) is 1.27. The van der Waals surface area contributed by atoms with E-state index in [2.05, 4.69) is 15.6 Å². The van der Waals surface area contributed by atoms with Crippen molar-refractivity contribution in [3.8, 4) is 0 Å². The molecule has 0 bridgehead atoms. The number of anilines is 1. The summed E-state index contributed by atoms with van der Waals surface area (Å²) in [6.45, 7) is 0. The summed E-state index contributed by atoms with van der Waals surface area (Å²) in [5.41, 5.74) is 1.03. The van der Waals surface area contributed by atoms with E-state index >= 15 is 0 Å². The van der Waals surface area contributed by atoms with Crippen molar-refractivity contribution >= 4 is 23.5 Å². The first kappa shape index (κ1) is 18.6. The normalized spacial score (nSPS) is 13.8. The summed E-state index contributed by atoms with van der Waals surface area (Å²) < 4.78 is 4.72. The highest BCUT2D eigenvalue weighted by atomic mass is 16.5. The number of esters is 1. The summed E-state index contributed by atoms with van der Waals surface area (Å²) in [6.07, 6.45) is 5.62. The Balaban J connectivity index is 1.74. The SMILES string of the molecule is COC(=O)c1ccccc1NC(=O)c1cc(C(=O)NC2CCCC2)ccn1. The van der Waals surface area contributed by atoms with Crippen LogP contribution in [0.3, 0.4) is 0 Å². The van der Waals surface area contributed by atoms with Gasteiger partial charge in [-0.1, -0.05) is 25.0 Å². The lowest BCUT2D eigenvalue weighted by atomic mass is 10.1. The minimum Gasteiger partial charge on any atom is -0.465 e. The highest BCUT2D eigenvalue weighted by molar-refractivity contribution is 6.08. The van der Waals surface area contributed by atoms with Crippen molar-refractivity contribution < 1.29 is 19.1 Å². The Kier molecular flexibility index (Phi) is 5.80. The van der Waals surface area contributed by atoms with Crippen LogP contribution >= 0.6 is 0 Å². The van der Waals surface area contributed by atoms with E-state index in [9.17, 15) is 14.4 Å². The molecule has 0 saturated heterocycles. The molecule has 1 aliphatic rings. The van der Waals surface area contributed by atoms with Crippen LogP contribution in [0, 0.1) is 0 Å². The van der Waals surface area contributed by atoms with Crippen LogP contribution in [0.1, 0.15) is 56.9 Å². The van der Waals surface area contributed by atoms with Gasteiger partial charge in [0.1, 0.15) is 5.69 Å². The monoisotopic (exact) mass is 367 g/mol. The van der Waals surface area contributed by atoms with Crippen molar-refractivity contribution in [1.29, 1.82) is 0 Å². The second-order valence-corrected chi connectivity index (χ2v) is 6.38. The number of hydrogen-bond acceptors (Lipinski definition) is 5. The van der Waals surface area contributed by atoms with Gasteiger partial charge in [0.25, 0.3) is 11.8 Å². The number of pyridine rings is 1. The Labute approximate surface area is 157 Å². The van der Waals surface area contributed by atoms with Gasteiger partial charge < -0.3 is 15.4 Å². The van der Waals surface area contributed by atoms with Gasteiger partial charge in [-0.25, -0.2) is 4.79 Å². The number of carbonyl (C=O) groups is 3. The Morgan fingerprint density at radius 3 is 2.56 bits per heavy atom. The van der Waals surface area contributed by atoms with E-state index in [-0.39, 0.29) is 23.2 Å². The van der Waals surface area contributed by atoms with Gasteiger partial charge in [0.15, 0.2) is 0 Å². The number of nitrogens with one attached hydrogen (secondary N) is 2. The number of rotatable bonds is 5. The minimum absolute atomic E-state index is 0.0914.